The van der Waals surface area contributed by atoms with Crippen LogP contribution in [0.3, 0.4) is 0 Å². The number of carbonyl (C=O) groups excluding carboxylic acids is 1. The number of rotatable bonds is 3. The average Bonchev–Trinajstić information content (AvgIpc) is 3.28. The molecule has 0 aromatic heterocycles. The number of hydrogen-bond acceptors (Lipinski definition) is 5. The molecule has 114 valence electrons. The number of nitrogens with zero attached hydrogens (tertiary/aromatic N) is 1. The van der Waals surface area contributed by atoms with Gasteiger partial charge >= 0.3 is 0 Å². The molecule has 2 aliphatic rings. The zero-order chi connectivity index (χ0) is 15.2. The van der Waals surface area contributed by atoms with E-state index in [-0.39, 0.29) is 33.9 Å². The molecule has 21 heavy (non-hydrogen) atoms. The summed E-state index contributed by atoms with van der Waals surface area (Å²) in [5, 5.41) is 0. The van der Waals surface area contributed by atoms with Crippen LogP contribution in [-0.4, -0.2) is 45.5 Å². The molecule has 1 aromatic carbocycles. The Balaban J connectivity index is 2.10. The second kappa shape index (κ2) is 5.06. The summed E-state index contributed by atoms with van der Waals surface area (Å²) in [5.74, 6) is 0.222. The maximum Gasteiger partial charge on any atom is 0.261 e. The predicted molar refractivity (Wildman–Crippen MR) is 75.6 cm³/mol. The Labute approximate surface area is 127 Å². The second-order valence-electron chi connectivity index (χ2n) is 5.08. The molecule has 0 atom stereocenters. The van der Waals surface area contributed by atoms with Gasteiger partial charge in [0.1, 0.15) is 13.2 Å². The molecule has 0 spiro atoms. The number of benzene rings is 1. The highest BCUT2D eigenvalue weighted by molar-refractivity contribution is 8.13. The number of halogens is 1. The van der Waals surface area contributed by atoms with Crippen molar-refractivity contribution >= 4 is 25.6 Å². The largest absolute Gasteiger partial charge is 0.486 e. The van der Waals surface area contributed by atoms with Gasteiger partial charge in [0.05, 0.1) is 10.5 Å². The number of amides is 1. The Morgan fingerprint density at radius 1 is 1.29 bits per heavy atom. The van der Waals surface area contributed by atoms with Crippen LogP contribution in [-0.2, 0) is 9.05 Å². The Hall–Kier alpha value is -1.47. The summed E-state index contributed by atoms with van der Waals surface area (Å²) in [6, 6.07) is 2.73. The lowest BCUT2D eigenvalue weighted by molar-refractivity contribution is 0.0774. The first kappa shape index (κ1) is 14.5. The van der Waals surface area contributed by atoms with Crippen molar-refractivity contribution in [3.63, 3.8) is 0 Å². The van der Waals surface area contributed by atoms with Crippen molar-refractivity contribution in [2.24, 2.45) is 0 Å². The van der Waals surface area contributed by atoms with Gasteiger partial charge in [0.2, 0.25) is 0 Å². The molecule has 0 N–H and O–H groups in total. The Kier molecular flexibility index (Phi) is 3.49. The minimum Gasteiger partial charge on any atom is -0.486 e. The number of hydrogen-bond donors (Lipinski definition) is 0. The predicted octanol–water partition coefficient (Wildman–Crippen LogP) is 1.62. The van der Waals surface area contributed by atoms with Crippen LogP contribution in [0.2, 0.25) is 0 Å². The van der Waals surface area contributed by atoms with Gasteiger partial charge in [0, 0.05) is 29.8 Å². The molecule has 1 heterocycles. The zero-order valence-corrected chi connectivity index (χ0v) is 12.9. The van der Waals surface area contributed by atoms with Crippen LogP contribution in [0, 0.1) is 0 Å². The molecule has 1 fully saturated rings. The molecule has 0 bridgehead atoms. The third-order valence-electron chi connectivity index (χ3n) is 3.54. The van der Waals surface area contributed by atoms with Gasteiger partial charge in [-0.1, -0.05) is 0 Å². The third kappa shape index (κ3) is 2.80. The maximum atomic E-state index is 12.5. The fourth-order valence-electron chi connectivity index (χ4n) is 2.25. The fourth-order valence-corrected chi connectivity index (χ4v) is 3.02. The van der Waals surface area contributed by atoms with Crippen LogP contribution < -0.4 is 9.47 Å². The van der Waals surface area contributed by atoms with E-state index in [9.17, 15) is 13.2 Å². The SMILES string of the molecule is CN(C(=O)c1cc(S(=O)(=O)Cl)cc2c1OCCO2)C1CC1. The van der Waals surface area contributed by atoms with Crippen LogP contribution >= 0.6 is 10.7 Å². The van der Waals surface area contributed by atoms with Crippen LogP contribution in [0.1, 0.15) is 23.2 Å². The fraction of sp³-hybridized carbons (Fsp3) is 0.462. The van der Waals surface area contributed by atoms with Crippen molar-refractivity contribution in [3.8, 4) is 11.5 Å². The standard InChI is InChI=1S/C13H14ClNO5S/c1-15(8-2-3-8)13(16)10-6-9(21(14,17)18)7-11-12(10)20-5-4-19-11/h6-8H,2-5H2,1H3. The third-order valence-corrected chi connectivity index (χ3v) is 4.88. The van der Waals surface area contributed by atoms with E-state index in [1.165, 1.54) is 12.1 Å². The van der Waals surface area contributed by atoms with Gasteiger partial charge in [-0.2, -0.15) is 0 Å². The summed E-state index contributed by atoms with van der Waals surface area (Å²) in [4.78, 5) is 14.0. The second-order valence-corrected chi connectivity index (χ2v) is 7.65. The van der Waals surface area contributed by atoms with E-state index in [2.05, 4.69) is 0 Å². The molecule has 0 radical (unpaired) electrons. The molecular formula is C13H14ClNO5S. The first-order chi connectivity index (χ1) is 9.88. The molecule has 1 aliphatic carbocycles. The highest BCUT2D eigenvalue weighted by Crippen LogP contribution is 2.39. The number of ether oxygens (including phenoxy) is 2. The van der Waals surface area contributed by atoms with E-state index in [1.807, 2.05) is 0 Å². The summed E-state index contributed by atoms with van der Waals surface area (Å²) in [6.07, 6.45) is 1.91. The van der Waals surface area contributed by atoms with E-state index in [4.69, 9.17) is 20.2 Å². The Morgan fingerprint density at radius 2 is 1.95 bits per heavy atom. The summed E-state index contributed by atoms with van der Waals surface area (Å²) >= 11 is 0. The summed E-state index contributed by atoms with van der Waals surface area (Å²) in [6.45, 7) is 0.609. The first-order valence-electron chi connectivity index (χ1n) is 6.53. The van der Waals surface area contributed by atoms with Gasteiger partial charge in [0.25, 0.3) is 15.0 Å². The molecule has 6 nitrogen and oxygen atoms in total. The molecule has 1 aliphatic heterocycles. The number of fused-ring (bicyclic) bond motifs is 1. The van der Waals surface area contributed by atoms with Gasteiger partial charge in [-0.15, -0.1) is 0 Å². The topological polar surface area (TPSA) is 72.9 Å². The molecule has 1 amide bonds. The lowest BCUT2D eigenvalue weighted by atomic mass is 10.1. The van der Waals surface area contributed by atoms with Crippen molar-refractivity contribution in [1.29, 1.82) is 0 Å². The molecule has 3 rings (SSSR count). The van der Waals surface area contributed by atoms with E-state index in [1.54, 1.807) is 11.9 Å². The average molecular weight is 332 g/mol. The Morgan fingerprint density at radius 3 is 2.57 bits per heavy atom. The summed E-state index contributed by atoms with van der Waals surface area (Å²) in [7, 11) is 3.12. The summed E-state index contributed by atoms with van der Waals surface area (Å²) in [5.41, 5.74) is 0.167. The first-order valence-corrected chi connectivity index (χ1v) is 8.84. The van der Waals surface area contributed by atoms with E-state index in [0.29, 0.717) is 13.2 Å². The minimum absolute atomic E-state index is 0.166. The molecule has 0 unspecified atom stereocenters. The zero-order valence-electron chi connectivity index (χ0n) is 11.3. The summed E-state index contributed by atoms with van der Waals surface area (Å²) < 4.78 is 34.0. The van der Waals surface area contributed by atoms with Gasteiger partial charge in [-0.25, -0.2) is 8.42 Å². The highest BCUT2D eigenvalue weighted by atomic mass is 35.7. The monoisotopic (exact) mass is 331 g/mol. The van der Waals surface area contributed by atoms with Crippen molar-refractivity contribution in [3.05, 3.63) is 17.7 Å². The molecule has 1 saturated carbocycles. The van der Waals surface area contributed by atoms with E-state index in [0.717, 1.165) is 12.8 Å². The van der Waals surface area contributed by atoms with Gasteiger partial charge < -0.3 is 14.4 Å². The number of carbonyl (C=O) groups is 1. The van der Waals surface area contributed by atoms with Gasteiger partial charge in [0.15, 0.2) is 11.5 Å². The normalized spacial score (nSPS) is 17.4. The van der Waals surface area contributed by atoms with E-state index < -0.39 is 9.05 Å². The van der Waals surface area contributed by atoms with Crippen molar-refractivity contribution in [1.82, 2.24) is 4.90 Å². The van der Waals surface area contributed by atoms with Crippen molar-refractivity contribution in [2.75, 3.05) is 20.3 Å². The highest BCUT2D eigenvalue weighted by Gasteiger charge is 2.33. The van der Waals surface area contributed by atoms with Crippen molar-refractivity contribution < 1.29 is 22.7 Å². The maximum absolute atomic E-state index is 12.5. The lowest BCUT2D eigenvalue weighted by Crippen LogP contribution is -2.30. The van der Waals surface area contributed by atoms with E-state index >= 15 is 0 Å². The molecular weight excluding hydrogens is 318 g/mol. The lowest BCUT2D eigenvalue weighted by Gasteiger charge is -2.24. The minimum atomic E-state index is -3.96. The van der Waals surface area contributed by atoms with Crippen LogP contribution in [0.15, 0.2) is 17.0 Å². The quantitative estimate of drug-likeness (QED) is 0.787. The molecule has 1 aromatic rings. The Bertz CT molecular complexity index is 699. The van der Waals surface area contributed by atoms with Crippen LogP contribution in [0.5, 0.6) is 11.5 Å². The molecule has 0 saturated heterocycles. The van der Waals surface area contributed by atoms with Crippen LogP contribution in [0.25, 0.3) is 0 Å². The van der Waals surface area contributed by atoms with Crippen molar-refractivity contribution in [2.45, 2.75) is 23.8 Å². The van der Waals surface area contributed by atoms with Gasteiger partial charge in [-0.3, -0.25) is 4.79 Å². The van der Waals surface area contributed by atoms with Gasteiger partial charge in [-0.05, 0) is 18.9 Å². The molecule has 8 heteroatoms. The van der Waals surface area contributed by atoms with Crippen LogP contribution in [0.4, 0.5) is 0 Å². The smallest absolute Gasteiger partial charge is 0.261 e.